The number of amides is 3. The third-order valence-corrected chi connectivity index (χ3v) is 4.39. The van der Waals surface area contributed by atoms with E-state index in [2.05, 4.69) is 36.9 Å². The summed E-state index contributed by atoms with van der Waals surface area (Å²) in [6.07, 6.45) is 0.427. The Kier molecular flexibility index (Phi) is 8.19. The van der Waals surface area contributed by atoms with Gasteiger partial charge < -0.3 is 10.1 Å². The van der Waals surface area contributed by atoms with E-state index in [-0.39, 0.29) is 23.8 Å². The van der Waals surface area contributed by atoms with Gasteiger partial charge in [0.1, 0.15) is 5.75 Å². The van der Waals surface area contributed by atoms with Crippen LogP contribution in [-0.4, -0.2) is 24.3 Å². The molecule has 3 N–H and O–H groups in total. The van der Waals surface area contributed by atoms with Crippen molar-refractivity contribution in [2.45, 2.75) is 46.5 Å². The van der Waals surface area contributed by atoms with Gasteiger partial charge in [0, 0.05) is 17.7 Å². The summed E-state index contributed by atoms with van der Waals surface area (Å²) in [7, 11) is 0. The molecule has 166 valence electrons. The first-order chi connectivity index (χ1) is 14.6. The van der Waals surface area contributed by atoms with E-state index in [1.54, 1.807) is 24.3 Å². The van der Waals surface area contributed by atoms with Crippen LogP contribution in [0.25, 0.3) is 0 Å². The Morgan fingerprint density at radius 2 is 1.55 bits per heavy atom. The van der Waals surface area contributed by atoms with Gasteiger partial charge in [0.05, 0.1) is 0 Å². The summed E-state index contributed by atoms with van der Waals surface area (Å²) in [4.78, 5) is 36.1. The highest BCUT2D eigenvalue weighted by Crippen LogP contribution is 2.30. The van der Waals surface area contributed by atoms with E-state index in [0.29, 0.717) is 23.4 Å². The average Bonchev–Trinajstić information content (AvgIpc) is 2.70. The largest absolute Gasteiger partial charge is 0.483 e. The van der Waals surface area contributed by atoms with E-state index in [1.807, 2.05) is 38.1 Å². The molecule has 7 nitrogen and oxygen atoms in total. The van der Waals surface area contributed by atoms with Crippen LogP contribution in [0.5, 0.6) is 5.75 Å². The standard InChI is InChI=1S/C24H31N3O4/c1-16(2)14-21(28)25-18-12-10-17(11-13-18)23(30)27-26-22(29)15-31-20-9-7-6-8-19(20)24(3,4)5/h6-13,16H,14-15H2,1-5H3,(H,25,28)(H,26,29)(H,27,30). The smallest absolute Gasteiger partial charge is 0.276 e. The quantitative estimate of drug-likeness (QED) is 0.588. The second kappa shape index (κ2) is 10.6. The lowest BCUT2D eigenvalue weighted by Gasteiger charge is -2.22. The fraction of sp³-hybridized carbons (Fsp3) is 0.375. The molecule has 2 aromatic rings. The number of hydrogen-bond donors (Lipinski definition) is 3. The van der Waals surface area contributed by atoms with Crippen molar-refractivity contribution in [3.8, 4) is 5.75 Å². The molecule has 0 radical (unpaired) electrons. The van der Waals surface area contributed by atoms with Gasteiger partial charge in [0.15, 0.2) is 6.61 Å². The molecule has 0 aliphatic heterocycles. The molecule has 2 aromatic carbocycles. The molecule has 0 atom stereocenters. The molecule has 0 aliphatic rings. The van der Waals surface area contributed by atoms with Gasteiger partial charge in [-0.15, -0.1) is 0 Å². The zero-order chi connectivity index (χ0) is 23.0. The first-order valence-corrected chi connectivity index (χ1v) is 10.3. The molecule has 0 saturated heterocycles. The highest BCUT2D eigenvalue weighted by molar-refractivity contribution is 5.96. The van der Waals surface area contributed by atoms with Crippen LogP contribution >= 0.6 is 0 Å². The number of benzene rings is 2. The van der Waals surface area contributed by atoms with Crippen molar-refractivity contribution in [3.05, 3.63) is 59.7 Å². The molecule has 0 heterocycles. The second-order valence-corrected chi connectivity index (χ2v) is 8.76. The van der Waals surface area contributed by atoms with E-state index in [9.17, 15) is 14.4 Å². The third-order valence-electron chi connectivity index (χ3n) is 4.39. The Hall–Kier alpha value is -3.35. The number of nitrogens with one attached hydrogen (secondary N) is 3. The fourth-order valence-corrected chi connectivity index (χ4v) is 2.88. The maximum Gasteiger partial charge on any atom is 0.276 e. The van der Waals surface area contributed by atoms with Gasteiger partial charge in [0.25, 0.3) is 11.8 Å². The highest BCUT2D eigenvalue weighted by Gasteiger charge is 2.19. The van der Waals surface area contributed by atoms with Crippen LogP contribution in [0.4, 0.5) is 5.69 Å². The molecule has 0 saturated carbocycles. The molecule has 0 aliphatic carbocycles. The molecule has 0 unspecified atom stereocenters. The third kappa shape index (κ3) is 7.77. The summed E-state index contributed by atoms with van der Waals surface area (Å²) < 4.78 is 5.64. The van der Waals surface area contributed by atoms with E-state index >= 15 is 0 Å². The average molecular weight is 426 g/mol. The molecule has 2 rings (SSSR count). The van der Waals surface area contributed by atoms with Crippen molar-refractivity contribution in [2.24, 2.45) is 5.92 Å². The molecule has 0 spiro atoms. The highest BCUT2D eigenvalue weighted by atomic mass is 16.5. The summed E-state index contributed by atoms with van der Waals surface area (Å²) in [5.74, 6) is -0.128. The van der Waals surface area contributed by atoms with Crippen LogP contribution in [0, 0.1) is 5.92 Å². The van der Waals surface area contributed by atoms with Crippen LogP contribution in [0.15, 0.2) is 48.5 Å². The van der Waals surface area contributed by atoms with Crippen molar-refractivity contribution in [3.63, 3.8) is 0 Å². The molecule has 0 aromatic heterocycles. The van der Waals surface area contributed by atoms with E-state index in [0.717, 1.165) is 5.56 Å². The number of para-hydroxylation sites is 1. The number of ether oxygens (including phenoxy) is 1. The molecular weight excluding hydrogens is 394 g/mol. The van der Waals surface area contributed by atoms with Crippen molar-refractivity contribution >= 4 is 23.4 Å². The summed E-state index contributed by atoms with van der Waals surface area (Å²) in [6.45, 7) is 9.91. The number of hydrazine groups is 1. The van der Waals surface area contributed by atoms with Gasteiger partial charge in [-0.25, -0.2) is 0 Å². The summed E-state index contributed by atoms with van der Waals surface area (Å²) in [6, 6.07) is 14.0. The lowest BCUT2D eigenvalue weighted by Crippen LogP contribution is -2.43. The second-order valence-electron chi connectivity index (χ2n) is 8.76. The maximum absolute atomic E-state index is 12.2. The topological polar surface area (TPSA) is 96.5 Å². The van der Waals surface area contributed by atoms with Gasteiger partial charge in [-0.05, 0) is 47.2 Å². The van der Waals surface area contributed by atoms with Crippen LogP contribution in [0.3, 0.4) is 0 Å². The zero-order valence-corrected chi connectivity index (χ0v) is 18.7. The van der Waals surface area contributed by atoms with Gasteiger partial charge in [-0.3, -0.25) is 25.2 Å². The molecule has 3 amide bonds. The maximum atomic E-state index is 12.2. The monoisotopic (exact) mass is 425 g/mol. The zero-order valence-electron chi connectivity index (χ0n) is 18.7. The Labute approximate surface area is 183 Å². The van der Waals surface area contributed by atoms with Crippen LogP contribution in [-0.2, 0) is 15.0 Å². The number of carbonyl (C=O) groups is 3. The van der Waals surface area contributed by atoms with Crippen molar-refractivity contribution in [1.82, 2.24) is 10.9 Å². The van der Waals surface area contributed by atoms with Crippen molar-refractivity contribution in [1.29, 1.82) is 0 Å². The van der Waals surface area contributed by atoms with Crippen LogP contribution in [0.2, 0.25) is 0 Å². The fourth-order valence-electron chi connectivity index (χ4n) is 2.88. The molecule has 7 heteroatoms. The number of hydrogen-bond acceptors (Lipinski definition) is 4. The minimum absolute atomic E-state index is 0.0764. The predicted octanol–water partition coefficient (Wildman–Crippen LogP) is 3.81. The van der Waals surface area contributed by atoms with Crippen molar-refractivity contribution in [2.75, 3.05) is 11.9 Å². The molecule has 31 heavy (non-hydrogen) atoms. The van der Waals surface area contributed by atoms with E-state index in [4.69, 9.17) is 4.74 Å². The van der Waals surface area contributed by atoms with Gasteiger partial charge >= 0.3 is 0 Å². The summed E-state index contributed by atoms with van der Waals surface area (Å²) in [5.41, 5.74) is 6.53. The summed E-state index contributed by atoms with van der Waals surface area (Å²) >= 11 is 0. The predicted molar refractivity (Wildman–Crippen MR) is 121 cm³/mol. The lowest BCUT2D eigenvalue weighted by atomic mass is 9.86. The molecule has 0 fully saturated rings. The van der Waals surface area contributed by atoms with Gasteiger partial charge in [-0.2, -0.15) is 0 Å². The Morgan fingerprint density at radius 3 is 2.16 bits per heavy atom. The number of carbonyl (C=O) groups excluding carboxylic acids is 3. The summed E-state index contributed by atoms with van der Waals surface area (Å²) in [5, 5.41) is 2.78. The van der Waals surface area contributed by atoms with Gasteiger partial charge in [-0.1, -0.05) is 52.8 Å². The van der Waals surface area contributed by atoms with E-state index < -0.39 is 11.8 Å². The lowest BCUT2D eigenvalue weighted by molar-refractivity contribution is -0.123. The molecule has 0 bridgehead atoms. The SMILES string of the molecule is CC(C)CC(=O)Nc1ccc(C(=O)NNC(=O)COc2ccccc2C(C)(C)C)cc1. The Balaban J connectivity index is 1.83. The number of anilines is 1. The first kappa shape index (κ1) is 23.9. The van der Waals surface area contributed by atoms with Crippen LogP contribution < -0.4 is 20.9 Å². The minimum atomic E-state index is -0.477. The van der Waals surface area contributed by atoms with E-state index in [1.165, 1.54) is 0 Å². The Morgan fingerprint density at radius 1 is 0.903 bits per heavy atom. The van der Waals surface area contributed by atoms with Crippen molar-refractivity contribution < 1.29 is 19.1 Å². The molecular formula is C24H31N3O4. The Bertz CT molecular complexity index is 915. The first-order valence-electron chi connectivity index (χ1n) is 10.3. The number of rotatable bonds is 7. The van der Waals surface area contributed by atoms with Crippen LogP contribution in [0.1, 0.15) is 57.0 Å². The normalized spacial score (nSPS) is 11.0. The van der Waals surface area contributed by atoms with Gasteiger partial charge in [0.2, 0.25) is 5.91 Å². The minimum Gasteiger partial charge on any atom is -0.483 e.